The minimum atomic E-state index is -1.11. The number of anilines is 1. The molecule has 1 amide bonds. The zero-order valence-electron chi connectivity index (χ0n) is 12.7. The van der Waals surface area contributed by atoms with E-state index in [9.17, 15) is 9.90 Å². The number of fused-ring (bicyclic) bond motifs is 3. The second kappa shape index (κ2) is 6.22. The van der Waals surface area contributed by atoms with Crippen LogP contribution in [0, 0.1) is 0 Å². The molecule has 2 N–H and O–H groups in total. The molecule has 0 unspecified atom stereocenters. The fraction of sp³-hybridized carbons (Fsp3) is 0.533. The fourth-order valence-corrected chi connectivity index (χ4v) is 5.56. The minimum Gasteiger partial charge on any atom is -0.497 e. The molecule has 0 spiro atoms. The summed E-state index contributed by atoms with van der Waals surface area (Å²) in [4.78, 5) is 13.3. The number of aliphatic hydroxyl groups is 1. The van der Waals surface area contributed by atoms with Crippen LogP contribution in [0.1, 0.15) is 12.5 Å². The molecule has 7 heteroatoms. The van der Waals surface area contributed by atoms with E-state index in [-0.39, 0.29) is 17.8 Å². The smallest absolute Gasteiger partial charge is 0.217 e. The number of amides is 1. The van der Waals surface area contributed by atoms with Crippen molar-refractivity contribution in [1.29, 1.82) is 0 Å². The average Bonchev–Trinajstić information content (AvgIpc) is 2.79. The van der Waals surface area contributed by atoms with Gasteiger partial charge in [0.15, 0.2) is 0 Å². The van der Waals surface area contributed by atoms with Gasteiger partial charge in [0.1, 0.15) is 5.75 Å². The Bertz CT molecular complexity index is 584. The van der Waals surface area contributed by atoms with Gasteiger partial charge in [-0.3, -0.25) is 4.79 Å². The van der Waals surface area contributed by atoms with Crippen LogP contribution >= 0.6 is 23.5 Å². The van der Waals surface area contributed by atoms with Crippen LogP contribution in [-0.4, -0.2) is 46.6 Å². The third kappa shape index (κ3) is 2.89. The van der Waals surface area contributed by atoms with Gasteiger partial charge in [-0.1, -0.05) is 0 Å². The second-order valence-corrected chi connectivity index (χ2v) is 8.03. The highest BCUT2D eigenvalue weighted by Gasteiger charge is 2.46. The van der Waals surface area contributed by atoms with E-state index in [1.807, 2.05) is 30.0 Å². The summed E-state index contributed by atoms with van der Waals surface area (Å²) >= 11 is 3.35. The summed E-state index contributed by atoms with van der Waals surface area (Å²) < 4.78 is 5.30. The molecule has 0 saturated carbocycles. The maximum Gasteiger partial charge on any atom is 0.217 e. The lowest BCUT2D eigenvalue weighted by molar-refractivity contribution is -0.119. The molecule has 22 heavy (non-hydrogen) atoms. The summed E-state index contributed by atoms with van der Waals surface area (Å²) in [5, 5.41) is 13.0. The lowest BCUT2D eigenvalue weighted by atomic mass is 10.1. The third-order valence-electron chi connectivity index (χ3n) is 3.90. The highest BCUT2D eigenvalue weighted by Crippen LogP contribution is 2.47. The van der Waals surface area contributed by atoms with E-state index in [0.717, 1.165) is 29.4 Å². The molecule has 2 aliphatic heterocycles. The quantitative estimate of drug-likeness (QED) is 0.872. The molecule has 0 bridgehead atoms. The first-order valence-electron chi connectivity index (χ1n) is 7.22. The van der Waals surface area contributed by atoms with Gasteiger partial charge in [0.2, 0.25) is 11.0 Å². The fourth-order valence-electron chi connectivity index (χ4n) is 2.90. The monoisotopic (exact) mass is 340 g/mol. The number of carbonyl (C=O) groups is 1. The normalized spacial score (nSPS) is 26.9. The molecule has 2 heterocycles. The van der Waals surface area contributed by atoms with Crippen LogP contribution in [0.3, 0.4) is 0 Å². The Morgan fingerprint density at radius 2 is 2.36 bits per heavy atom. The minimum absolute atomic E-state index is 0.128. The van der Waals surface area contributed by atoms with Crippen LogP contribution in [0.5, 0.6) is 5.75 Å². The molecule has 0 aromatic heterocycles. The van der Waals surface area contributed by atoms with Gasteiger partial charge in [0.05, 0.1) is 19.0 Å². The molecular formula is C15H20N2O3S2. The summed E-state index contributed by atoms with van der Waals surface area (Å²) in [6.07, 6.45) is 0.875. The summed E-state index contributed by atoms with van der Waals surface area (Å²) in [5.41, 5.74) is 2.21. The summed E-state index contributed by atoms with van der Waals surface area (Å²) in [5.74, 6) is 2.55. The van der Waals surface area contributed by atoms with Crippen molar-refractivity contribution in [2.45, 2.75) is 23.8 Å². The number of nitrogens with one attached hydrogen (secondary N) is 1. The number of nitrogens with zero attached hydrogens (tertiary/aromatic N) is 1. The van der Waals surface area contributed by atoms with E-state index in [0.29, 0.717) is 0 Å². The van der Waals surface area contributed by atoms with E-state index >= 15 is 0 Å². The maximum absolute atomic E-state index is 11.3. The van der Waals surface area contributed by atoms with Gasteiger partial charge in [-0.05, 0) is 23.8 Å². The molecule has 0 aliphatic carbocycles. The van der Waals surface area contributed by atoms with Crippen molar-refractivity contribution in [1.82, 2.24) is 5.32 Å². The molecular weight excluding hydrogens is 320 g/mol. The first-order valence-corrected chi connectivity index (χ1v) is 9.25. The molecule has 1 aromatic carbocycles. The van der Waals surface area contributed by atoms with Crippen LogP contribution in [-0.2, 0) is 11.2 Å². The van der Waals surface area contributed by atoms with Gasteiger partial charge in [-0.15, -0.1) is 23.5 Å². The van der Waals surface area contributed by atoms with Gasteiger partial charge in [0, 0.05) is 30.5 Å². The van der Waals surface area contributed by atoms with Crippen molar-refractivity contribution in [2.24, 2.45) is 0 Å². The van der Waals surface area contributed by atoms with Crippen LogP contribution < -0.4 is 15.0 Å². The Hall–Kier alpha value is -1.05. The van der Waals surface area contributed by atoms with Crippen molar-refractivity contribution in [3.05, 3.63) is 23.8 Å². The second-order valence-electron chi connectivity index (χ2n) is 5.40. The number of benzene rings is 1. The van der Waals surface area contributed by atoms with E-state index in [1.54, 1.807) is 7.11 Å². The number of hydrogen-bond donors (Lipinski definition) is 2. The first kappa shape index (κ1) is 15.8. The topological polar surface area (TPSA) is 61.8 Å². The molecule has 0 radical (unpaired) electrons. The van der Waals surface area contributed by atoms with Gasteiger partial charge in [-0.2, -0.15) is 0 Å². The van der Waals surface area contributed by atoms with E-state index < -0.39 is 5.06 Å². The Labute approximate surface area is 138 Å². The molecule has 2 aliphatic rings. The van der Waals surface area contributed by atoms with Crippen molar-refractivity contribution in [3.8, 4) is 5.75 Å². The number of hydrogen-bond acceptors (Lipinski definition) is 6. The molecule has 120 valence electrons. The van der Waals surface area contributed by atoms with E-state index in [1.165, 1.54) is 24.2 Å². The lowest BCUT2D eigenvalue weighted by Crippen LogP contribution is -2.55. The zero-order valence-corrected chi connectivity index (χ0v) is 14.3. The van der Waals surface area contributed by atoms with Crippen molar-refractivity contribution in [3.63, 3.8) is 0 Å². The van der Waals surface area contributed by atoms with Crippen LogP contribution in [0.4, 0.5) is 5.69 Å². The highest BCUT2D eigenvalue weighted by atomic mass is 32.2. The molecule has 3 rings (SSSR count). The highest BCUT2D eigenvalue weighted by molar-refractivity contribution is 8.04. The number of thioether (sulfide) groups is 2. The Morgan fingerprint density at radius 3 is 3.09 bits per heavy atom. The predicted octanol–water partition coefficient (Wildman–Crippen LogP) is 1.65. The Kier molecular flexibility index (Phi) is 4.47. The van der Waals surface area contributed by atoms with Gasteiger partial charge in [-0.25, -0.2) is 0 Å². The Morgan fingerprint density at radius 1 is 1.55 bits per heavy atom. The zero-order chi connectivity index (χ0) is 15.7. The molecule has 5 nitrogen and oxygen atoms in total. The standard InChI is InChI=1S/C15H20N2O3S2/c1-10(18)16-9-15(19)17-13-4-3-12(20-2)7-11(13)8-14(17)21-5-6-22-15/h3-4,7,14,19H,5-6,8-9H2,1-2H3,(H,16,18)/t14-,15+/m0/s1. The van der Waals surface area contributed by atoms with Crippen LogP contribution in [0.15, 0.2) is 18.2 Å². The molecule has 1 saturated heterocycles. The summed E-state index contributed by atoms with van der Waals surface area (Å²) in [6, 6.07) is 5.95. The van der Waals surface area contributed by atoms with E-state index in [4.69, 9.17) is 4.74 Å². The van der Waals surface area contributed by atoms with Crippen LogP contribution in [0.25, 0.3) is 0 Å². The number of methoxy groups -OCH3 is 1. The summed E-state index contributed by atoms with van der Waals surface area (Å²) in [6.45, 7) is 1.69. The number of rotatable bonds is 3. The lowest BCUT2D eigenvalue weighted by Gasteiger charge is -2.40. The molecule has 1 fully saturated rings. The number of ether oxygens (including phenoxy) is 1. The van der Waals surface area contributed by atoms with Crippen molar-refractivity contribution >= 4 is 35.1 Å². The van der Waals surface area contributed by atoms with Crippen molar-refractivity contribution < 1.29 is 14.6 Å². The maximum atomic E-state index is 11.3. The first-order chi connectivity index (χ1) is 10.5. The van der Waals surface area contributed by atoms with E-state index in [2.05, 4.69) is 10.2 Å². The third-order valence-corrected chi connectivity index (χ3v) is 6.57. The molecule has 2 atom stereocenters. The van der Waals surface area contributed by atoms with Crippen LogP contribution in [0.2, 0.25) is 0 Å². The average molecular weight is 340 g/mol. The number of carbonyl (C=O) groups excluding carboxylic acids is 1. The summed E-state index contributed by atoms with van der Waals surface area (Å²) in [7, 11) is 1.66. The predicted molar refractivity (Wildman–Crippen MR) is 91.5 cm³/mol. The molecule has 1 aromatic rings. The van der Waals surface area contributed by atoms with Crippen molar-refractivity contribution in [2.75, 3.05) is 30.1 Å². The van der Waals surface area contributed by atoms with Gasteiger partial charge >= 0.3 is 0 Å². The van der Waals surface area contributed by atoms with Gasteiger partial charge < -0.3 is 20.1 Å². The van der Waals surface area contributed by atoms with Gasteiger partial charge in [0.25, 0.3) is 0 Å². The Balaban J connectivity index is 1.95. The largest absolute Gasteiger partial charge is 0.497 e. The SMILES string of the molecule is COc1ccc2c(c1)C[C@@H]1SCCS[C@](O)(CNC(C)=O)N21.